The highest BCUT2D eigenvalue weighted by atomic mass is 35.5. The van der Waals surface area contributed by atoms with Crippen molar-refractivity contribution in [3.05, 3.63) is 64.2 Å². The van der Waals surface area contributed by atoms with E-state index in [4.69, 9.17) is 25.8 Å². The number of carbonyl (C=O) groups is 2. The number of likely N-dealkylation sites (tertiary alicyclic amines) is 1. The molecule has 2 aromatic rings. The fourth-order valence-corrected chi connectivity index (χ4v) is 4.54. The number of amides is 1. The van der Waals surface area contributed by atoms with Crippen molar-refractivity contribution in [1.29, 1.82) is 0 Å². The number of morpholine rings is 1. The largest absolute Gasteiger partial charge is 0.507 e. The summed E-state index contributed by atoms with van der Waals surface area (Å²) in [6.45, 7) is 3.74. The van der Waals surface area contributed by atoms with Crippen molar-refractivity contribution in [1.82, 2.24) is 9.80 Å². The number of Topliss-reactive ketones (excluding diaryl/α,β-unsaturated/α-hetero) is 1. The Morgan fingerprint density at radius 3 is 2.38 bits per heavy atom. The van der Waals surface area contributed by atoms with Crippen LogP contribution in [0, 0.1) is 0 Å². The van der Waals surface area contributed by atoms with Crippen LogP contribution in [0.2, 0.25) is 5.02 Å². The van der Waals surface area contributed by atoms with Gasteiger partial charge in [0, 0.05) is 31.7 Å². The van der Waals surface area contributed by atoms with Gasteiger partial charge in [0.05, 0.1) is 44.1 Å². The van der Waals surface area contributed by atoms with Gasteiger partial charge in [0.1, 0.15) is 17.3 Å². The van der Waals surface area contributed by atoms with Crippen molar-refractivity contribution >= 4 is 29.1 Å². The number of halogens is 1. The molecule has 0 aromatic heterocycles. The summed E-state index contributed by atoms with van der Waals surface area (Å²) in [6, 6.07) is 11.1. The Kier molecular flexibility index (Phi) is 7.41. The predicted molar refractivity (Wildman–Crippen MR) is 127 cm³/mol. The minimum absolute atomic E-state index is 0.0263. The van der Waals surface area contributed by atoms with Gasteiger partial charge < -0.3 is 24.2 Å². The predicted octanol–water partition coefficient (Wildman–Crippen LogP) is 3.11. The fraction of sp³-hybridized carbons (Fsp3) is 0.360. The van der Waals surface area contributed by atoms with Crippen molar-refractivity contribution < 1.29 is 28.9 Å². The zero-order valence-electron chi connectivity index (χ0n) is 19.1. The van der Waals surface area contributed by atoms with Gasteiger partial charge in [0.15, 0.2) is 0 Å². The molecule has 2 fully saturated rings. The first-order chi connectivity index (χ1) is 16.4. The number of rotatable bonds is 7. The quantitative estimate of drug-likeness (QED) is 0.365. The van der Waals surface area contributed by atoms with E-state index in [2.05, 4.69) is 4.90 Å². The Bertz CT molecular complexity index is 1100. The molecule has 0 unspecified atom stereocenters. The number of carbonyl (C=O) groups excluding carboxylic acids is 2. The molecular weight excluding hydrogens is 460 g/mol. The summed E-state index contributed by atoms with van der Waals surface area (Å²) in [6.07, 6.45) is 0. The summed E-state index contributed by atoms with van der Waals surface area (Å²) in [5, 5.41) is 11.5. The second-order valence-corrected chi connectivity index (χ2v) is 8.48. The molecule has 9 heteroatoms. The molecule has 2 aliphatic rings. The Morgan fingerprint density at radius 2 is 1.76 bits per heavy atom. The van der Waals surface area contributed by atoms with Crippen molar-refractivity contribution in [3.63, 3.8) is 0 Å². The molecule has 0 radical (unpaired) electrons. The molecule has 34 heavy (non-hydrogen) atoms. The van der Waals surface area contributed by atoms with E-state index in [1.807, 2.05) is 0 Å². The highest BCUT2D eigenvalue weighted by molar-refractivity contribution is 6.46. The van der Waals surface area contributed by atoms with E-state index in [0.29, 0.717) is 48.9 Å². The summed E-state index contributed by atoms with van der Waals surface area (Å²) in [5.74, 6) is -0.563. The van der Waals surface area contributed by atoms with Crippen molar-refractivity contribution in [2.75, 3.05) is 53.6 Å². The Morgan fingerprint density at radius 1 is 1.06 bits per heavy atom. The average Bonchev–Trinajstić information content (AvgIpc) is 3.12. The third-order valence-electron chi connectivity index (χ3n) is 6.16. The number of ketones is 1. The van der Waals surface area contributed by atoms with Gasteiger partial charge in [0.25, 0.3) is 11.7 Å². The second kappa shape index (κ2) is 10.5. The molecule has 1 N–H and O–H groups in total. The van der Waals surface area contributed by atoms with Crippen LogP contribution in [-0.2, 0) is 14.3 Å². The molecule has 180 valence electrons. The second-order valence-electron chi connectivity index (χ2n) is 8.07. The molecule has 0 aliphatic carbocycles. The van der Waals surface area contributed by atoms with Crippen LogP contribution in [0.25, 0.3) is 5.76 Å². The van der Waals surface area contributed by atoms with Crippen LogP contribution in [0.15, 0.2) is 48.0 Å². The van der Waals surface area contributed by atoms with Crippen LogP contribution in [-0.4, -0.2) is 80.2 Å². The molecule has 0 saturated carbocycles. The van der Waals surface area contributed by atoms with Crippen LogP contribution in [0.5, 0.6) is 11.5 Å². The number of nitrogens with zero attached hydrogens (tertiary/aromatic N) is 2. The van der Waals surface area contributed by atoms with Crippen molar-refractivity contribution in [2.45, 2.75) is 6.04 Å². The van der Waals surface area contributed by atoms with E-state index in [0.717, 1.165) is 13.1 Å². The number of aliphatic hydroxyl groups excluding tert-OH is 1. The maximum atomic E-state index is 13.2. The Hall–Kier alpha value is -3.07. The third-order valence-corrected chi connectivity index (χ3v) is 6.45. The lowest BCUT2D eigenvalue weighted by Gasteiger charge is -2.31. The number of ether oxygens (including phenoxy) is 3. The number of methoxy groups -OCH3 is 2. The van der Waals surface area contributed by atoms with Gasteiger partial charge in [-0.15, -0.1) is 0 Å². The van der Waals surface area contributed by atoms with Gasteiger partial charge in [-0.25, -0.2) is 0 Å². The zero-order valence-corrected chi connectivity index (χ0v) is 19.9. The van der Waals surface area contributed by atoms with Crippen LogP contribution >= 0.6 is 11.6 Å². The van der Waals surface area contributed by atoms with E-state index >= 15 is 0 Å². The standard InChI is InChI=1S/C25H27ClN2O6/c1-32-18-6-3-16(4-7-18)22-21(23(29)17-5-8-20(33-2)19(26)15-17)24(30)25(31)28(22)10-9-27-11-13-34-14-12-27/h3-8,15,22,29H,9-14H2,1-2H3/b23-21+/t22-/m1/s1. The number of benzene rings is 2. The van der Waals surface area contributed by atoms with Gasteiger partial charge in [-0.1, -0.05) is 23.7 Å². The van der Waals surface area contributed by atoms with Gasteiger partial charge >= 0.3 is 0 Å². The first kappa shape index (κ1) is 24.1. The minimum atomic E-state index is -0.743. The third kappa shape index (κ3) is 4.75. The molecule has 2 aromatic carbocycles. The summed E-state index contributed by atoms with van der Waals surface area (Å²) >= 11 is 6.25. The molecule has 1 amide bonds. The molecule has 8 nitrogen and oxygen atoms in total. The smallest absolute Gasteiger partial charge is 0.295 e. The van der Waals surface area contributed by atoms with Crippen LogP contribution < -0.4 is 9.47 Å². The minimum Gasteiger partial charge on any atom is -0.507 e. The molecule has 0 spiro atoms. The average molecular weight is 487 g/mol. The van der Waals surface area contributed by atoms with E-state index in [-0.39, 0.29) is 16.4 Å². The lowest BCUT2D eigenvalue weighted by Crippen LogP contribution is -2.42. The maximum absolute atomic E-state index is 13.2. The fourth-order valence-electron chi connectivity index (χ4n) is 4.29. The SMILES string of the molecule is COc1ccc([C@@H]2/C(=C(\O)c3ccc(OC)c(Cl)c3)C(=O)C(=O)N2CCN2CCOCC2)cc1. The van der Waals surface area contributed by atoms with Gasteiger partial charge in [0.2, 0.25) is 0 Å². The van der Waals surface area contributed by atoms with Gasteiger partial charge in [-0.3, -0.25) is 14.5 Å². The van der Waals surface area contributed by atoms with Gasteiger partial charge in [-0.05, 0) is 35.9 Å². The van der Waals surface area contributed by atoms with E-state index in [9.17, 15) is 14.7 Å². The van der Waals surface area contributed by atoms with E-state index in [1.165, 1.54) is 18.1 Å². The molecule has 4 rings (SSSR count). The van der Waals surface area contributed by atoms with E-state index in [1.54, 1.807) is 43.5 Å². The number of hydrogen-bond acceptors (Lipinski definition) is 7. The van der Waals surface area contributed by atoms with E-state index < -0.39 is 17.7 Å². The van der Waals surface area contributed by atoms with Gasteiger partial charge in [-0.2, -0.15) is 0 Å². The molecule has 0 bridgehead atoms. The summed E-state index contributed by atoms with van der Waals surface area (Å²) in [7, 11) is 3.06. The molecular formula is C25H27ClN2O6. The lowest BCUT2D eigenvalue weighted by atomic mass is 9.95. The number of aliphatic hydroxyl groups is 1. The molecule has 2 saturated heterocycles. The van der Waals surface area contributed by atoms with Crippen LogP contribution in [0.1, 0.15) is 17.2 Å². The van der Waals surface area contributed by atoms with Crippen LogP contribution in [0.3, 0.4) is 0 Å². The Balaban J connectivity index is 1.74. The molecule has 2 aliphatic heterocycles. The summed E-state index contributed by atoms with van der Waals surface area (Å²) in [4.78, 5) is 30.0. The zero-order chi connectivity index (χ0) is 24.2. The highest BCUT2D eigenvalue weighted by Crippen LogP contribution is 2.40. The summed E-state index contributed by atoms with van der Waals surface area (Å²) in [5.41, 5.74) is 1.05. The maximum Gasteiger partial charge on any atom is 0.295 e. The monoisotopic (exact) mass is 486 g/mol. The summed E-state index contributed by atoms with van der Waals surface area (Å²) < 4.78 is 15.8. The lowest BCUT2D eigenvalue weighted by molar-refractivity contribution is -0.140. The van der Waals surface area contributed by atoms with Crippen molar-refractivity contribution in [2.24, 2.45) is 0 Å². The highest BCUT2D eigenvalue weighted by Gasteiger charge is 2.46. The first-order valence-electron chi connectivity index (χ1n) is 11.0. The Labute approximate surface area is 203 Å². The van der Waals surface area contributed by atoms with Crippen molar-refractivity contribution in [3.8, 4) is 11.5 Å². The van der Waals surface area contributed by atoms with Crippen LogP contribution in [0.4, 0.5) is 0 Å². The first-order valence-corrected chi connectivity index (χ1v) is 11.4. The topological polar surface area (TPSA) is 88.5 Å². The molecule has 1 atom stereocenters. The number of hydrogen-bond donors (Lipinski definition) is 1. The normalized spacial score (nSPS) is 20.6. The molecule has 2 heterocycles.